The van der Waals surface area contributed by atoms with Gasteiger partial charge in [0, 0.05) is 19.8 Å². The van der Waals surface area contributed by atoms with Gasteiger partial charge in [0.25, 0.3) is 0 Å². The lowest BCUT2D eigenvalue weighted by atomic mass is 10.0. The molecule has 26 heavy (non-hydrogen) atoms. The first kappa shape index (κ1) is 18.9. The Morgan fingerprint density at radius 3 is 2.27 bits per heavy atom. The van der Waals surface area contributed by atoms with Crippen molar-refractivity contribution in [3.05, 3.63) is 23.7 Å². The fraction of sp³-hybridized carbons (Fsp3) is 0.684. The van der Waals surface area contributed by atoms with Crippen LogP contribution in [0.1, 0.15) is 43.2 Å². The number of carbonyl (C=O) groups excluding carboxylic acids is 2. The molecule has 3 unspecified atom stereocenters. The molecular weight excluding hydrogens is 336 g/mol. The van der Waals surface area contributed by atoms with Gasteiger partial charge in [-0.15, -0.1) is 0 Å². The number of amides is 2. The standard InChI is InChI=1S/C19H28N2O5/c1-13-6-7-17(26-13)16(21-19(23)15-5-3-9-25-12-15)10-20-18(22)14-4-2-8-24-11-14/h6-7,14-16H,2-5,8-12H2,1H3,(H,20,22)(H,21,23). The normalized spacial score (nSPS) is 24.7. The van der Waals surface area contributed by atoms with Gasteiger partial charge < -0.3 is 24.5 Å². The third-order valence-corrected chi connectivity index (χ3v) is 4.96. The second-order valence-corrected chi connectivity index (χ2v) is 7.08. The summed E-state index contributed by atoms with van der Waals surface area (Å²) in [5.41, 5.74) is 0. The van der Waals surface area contributed by atoms with E-state index in [-0.39, 0.29) is 23.7 Å². The molecule has 7 nitrogen and oxygen atoms in total. The molecule has 2 amide bonds. The minimum atomic E-state index is -0.397. The van der Waals surface area contributed by atoms with Crippen molar-refractivity contribution in [3.8, 4) is 0 Å². The molecule has 0 saturated carbocycles. The lowest BCUT2D eigenvalue weighted by Gasteiger charge is -2.26. The molecule has 1 aromatic rings. The van der Waals surface area contributed by atoms with Gasteiger partial charge in [0.1, 0.15) is 17.6 Å². The van der Waals surface area contributed by atoms with Crippen molar-refractivity contribution in [1.82, 2.24) is 10.6 Å². The average Bonchev–Trinajstić information content (AvgIpc) is 3.12. The number of hydrogen-bond donors (Lipinski definition) is 2. The lowest BCUT2D eigenvalue weighted by molar-refractivity contribution is -0.131. The van der Waals surface area contributed by atoms with Crippen LogP contribution >= 0.6 is 0 Å². The van der Waals surface area contributed by atoms with E-state index in [0.29, 0.717) is 32.1 Å². The molecular formula is C19H28N2O5. The van der Waals surface area contributed by atoms with E-state index in [2.05, 4.69) is 10.6 Å². The predicted octanol–water partition coefficient (Wildman–Crippen LogP) is 1.71. The highest BCUT2D eigenvalue weighted by atomic mass is 16.5. The summed E-state index contributed by atoms with van der Waals surface area (Å²) in [4.78, 5) is 24.9. The molecule has 1 aromatic heterocycles. The molecule has 3 atom stereocenters. The Morgan fingerprint density at radius 2 is 1.73 bits per heavy atom. The Labute approximate surface area is 153 Å². The van der Waals surface area contributed by atoms with E-state index in [9.17, 15) is 9.59 Å². The Bertz CT molecular complexity index is 603. The summed E-state index contributed by atoms with van der Waals surface area (Å²) >= 11 is 0. The quantitative estimate of drug-likeness (QED) is 0.802. The smallest absolute Gasteiger partial charge is 0.226 e. The zero-order chi connectivity index (χ0) is 18.4. The molecule has 0 spiro atoms. The van der Waals surface area contributed by atoms with E-state index in [0.717, 1.165) is 38.1 Å². The second kappa shape index (κ2) is 9.19. The van der Waals surface area contributed by atoms with E-state index in [1.807, 2.05) is 19.1 Å². The SMILES string of the molecule is Cc1ccc(C(CNC(=O)C2CCCOC2)NC(=O)C2CCCOC2)o1. The minimum Gasteiger partial charge on any atom is -0.464 e. The van der Waals surface area contributed by atoms with Crippen LogP contribution in [0.5, 0.6) is 0 Å². The molecule has 7 heteroatoms. The van der Waals surface area contributed by atoms with Crippen molar-refractivity contribution < 1.29 is 23.5 Å². The first-order chi connectivity index (χ1) is 12.6. The summed E-state index contributed by atoms with van der Waals surface area (Å²) in [5.74, 6) is 1.06. The van der Waals surface area contributed by atoms with Gasteiger partial charge in [-0.2, -0.15) is 0 Å². The molecule has 144 valence electrons. The van der Waals surface area contributed by atoms with Crippen LogP contribution in [0.15, 0.2) is 16.5 Å². The average molecular weight is 364 g/mol. The Balaban J connectivity index is 1.59. The molecule has 2 aliphatic rings. The molecule has 2 fully saturated rings. The van der Waals surface area contributed by atoms with Crippen molar-refractivity contribution in [2.45, 2.75) is 38.6 Å². The van der Waals surface area contributed by atoms with Crippen LogP contribution in [0.25, 0.3) is 0 Å². The summed E-state index contributed by atoms with van der Waals surface area (Å²) < 4.78 is 16.5. The Morgan fingerprint density at radius 1 is 1.08 bits per heavy atom. The molecule has 3 heterocycles. The number of aryl methyl sites for hydroxylation is 1. The third-order valence-electron chi connectivity index (χ3n) is 4.96. The van der Waals surface area contributed by atoms with Crippen molar-refractivity contribution in [2.24, 2.45) is 11.8 Å². The predicted molar refractivity (Wildman–Crippen MR) is 94.4 cm³/mol. The van der Waals surface area contributed by atoms with Crippen molar-refractivity contribution in [2.75, 3.05) is 33.0 Å². The van der Waals surface area contributed by atoms with Gasteiger partial charge in [-0.3, -0.25) is 9.59 Å². The van der Waals surface area contributed by atoms with Gasteiger partial charge in [-0.1, -0.05) is 0 Å². The molecule has 0 radical (unpaired) electrons. The van der Waals surface area contributed by atoms with Gasteiger partial charge in [-0.25, -0.2) is 0 Å². The van der Waals surface area contributed by atoms with Gasteiger partial charge in [-0.05, 0) is 44.7 Å². The van der Waals surface area contributed by atoms with Crippen LogP contribution < -0.4 is 10.6 Å². The number of hydrogen-bond acceptors (Lipinski definition) is 5. The molecule has 0 aromatic carbocycles. The number of ether oxygens (including phenoxy) is 2. The van der Waals surface area contributed by atoms with E-state index in [1.165, 1.54) is 0 Å². The molecule has 2 N–H and O–H groups in total. The zero-order valence-corrected chi connectivity index (χ0v) is 15.3. The summed E-state index contributed by atoms with van der Waals surface area (Å²) in [6.07, 6.45) is 3.45. The van der Waals surface area contributed by atoms with E-state index < -0.39 is 6.04 Å². The number of nitrogens with one attached hydrogen (secondary N) is 2. The fourth-order valence-electron chi connectivity index (χ4n) is 3.40. The molecule has 3 rings (SSSR count). The molecule has 2 aliphatic heterocycles. The van der Waals surface area contributed by atoms with Gasteiger partial charge in [0.15, 0.2) is 0 Å². The number of carbonyl (C=O) groups is 2. The monoisotopic (exact) mass is 364 g/mol. The largest absolute Gasteiger partial charge is 0.464 e. The van der Waals surface area contributed by atoms with Gasteiger partial charge in [0.05, 0.1) is 25.0 Å². The van der Waals surface area contributed by atoms with Crippen molar-refractivity contribution >= 4 is 11.8 Å². The Kier molecular flexibility index (Phi) is 6.68. The molecule has 0 bridgehead atoms. The van der Waals surface area contributed by atoms with Crippen LogP contribution in [0.4, 0.5) is 0 Å². The molecule has 2 saturated heterocycles. The van der Waals surface area contributed by atoms with Crippen molar-refractivity contribution in [1.29, 1.82) is 0 Å². The Hall–Kier alpha value is -1.86. The van der Waals surface area contributed by atoms with Crippen LogP contribution in [0.2, 0.25) is 0 Å². The zero-order valence-electron chi connectivity index (χ0n) is 15.3. The minimum absolute atomic E-state index is 0.0340. The summed E-state index contributed by atoms with van der Waals surface area (Å²) in [5, 5.41) is 5.96. The fourth-order valence-corrected chi connectivity index (χ4v) is 3.40. The third kappa shape index (κ3) is 5.08. The van der Waals surface area contributed by atoms with Crippen LogP contribution in [-0.2, 0) is 19.1 Å². The van der Waals surface area contributed by atoms with Crippen LogP contribution in [-0.4, -0.2) is 44.8 Å². The van der Waals surface area contributed by atoms with Crippen molar-refractivity contribution in [3.63, 3.8) is 0 Å². The summed E-state index contributed by atoms with van der Waals surface area (Å²) in [7, 11) is 0. The van der Waals surface area contributed by atoms with E-state index >= 15 is 0 Å². The number of furan rings is 1. The first-order valence-corrected chi connectivity index (χ1v) is 9.43. The summed E-state index contributed by atoms with van der Waals surface area (Å²) in [6, 6.07) is 3.30. The maximum absolute atomic E-state index is 12.6. The highest BCUT2D eigenvalue weighted by Crippen LogP contribution is 2.20. The topological polar surface area (TPSA) is 89.8 Å². The van der Waals surface area contributed by atoms with E-state index in [1.54, 1.807) is 0 Å². The highest BCUT2D eigenvalue weighted by Gasteiger charge is 2.27. The van der Waals surface area contributed by atoms with Crippen LogP contribution in [0.3, 0.4) is 0 Å². The second-order valence-electron chi connectivity index (χ2n) is 7.08. The molecule has 0 aliphatic carbocycles. The van der Waals surface area contributed by atoms with Gasteiger partial charge >= 0.3 is 0 Å². The number of rotatable bonds is 6. The maximum Gasteiger partial charge on any atom is 0.226 e. The summed E-state index contributed by atoms with van der Waals surface area (Å²) in [6.45, 7) is 4.49. The first-order valence-electron chi connectivity index (χ1n) is 9.43. The van der Waals surface area contributed by atoms with Gasteiger partial charge in [0.2, 0.25) is 11.8 Å². The lowest BCUT2D eigenvalue weighted by Crippen LogP contribution is -2.44. The van der Waals surface area contributed by atoms with E-state index in [4.69, 9.17) is 13.9 Å². The highest BCUT2D eigenvalue weighted by molar-refractivity contribution is 5.80. The maximum atomic E-state index is 12.6. The van der Waals surface area contributed by atoms with Crippen LogP contribution in [0, 0.1) is 18.8 Å².